The van der Waals surface area contributed by atoms with Gasteiger partial charge in [-0.15, -0.1) is 0 Å². The van der Waals surface area contributed by atoms with Crippen LogP contribution in [0.2, 0.25) is 0 Å². The molecule has 5 aliphatic carbocycles. The molecule has 0 radical (unpaired) electrons. The summed E-state index contributed by atoms with van der Waals surface area (Å²) in [4.78, 5) is 0. The molecule has 6 rings (SSSR count). The molecular weight excluding hydrogens is 396 g/mol. The quantitative estimate of drug-likeness (QED) is 0.561. The van der Waals surface area contributed by atoms with Crippen LogP contribution in [0.5, 0.6) is 0 Å². The molecule has 1 heterocycles. The maximum Gasteiger partial charge on any atom is 0.0927 e. The number of hydrogen-bond donors (Lipinski definition) is 1. The minimum atomic E-state index is -0.732. The predicted octanol–water partition coefficient (Wildman–Crippen LogP) is 6.22. The zero-order valence-electron chi connectivity index (χ0n) is 21.7. The second-order valence-corrected chi connectivity index (χ2v) is 14.5. The van der Waals surface area contributed by atoms with E-state index in [1.807, 2.05) is 14.0 Å². The van der Waals surface area contributed by atoms with Crippen LogP contribution in [0, 0.1) is 51.8 Å². The minimum absolute atomic E-state index is 0.180. The summed E-state index contributed by atoms with van der Waals surface area (Å²) in [6.45, 7) is 13.9. The highest BCUT2D eigenvalue weighted by atomic mass is 16.5. The van der Waals surface area contributed by atoms with E-state index in [4.69, 9.17) is 9.47 Å². The fourth-order valence-electron chi connectivity index (χ4n) is 11.2. The highest BCUT2D eigenvalue weighted by Crippen LogP contribution is 2.82. The Morgan fingerprint density at radius 3 is 2.31 bits per heavy atom. The van der Waals surface area contributed by atoms with Crippen molar-refractivity contribution in [2.75, 3.05) is 7.11 Å². The van der Waals surface area contributed by atoms with Crippen molar-refractivity contribution >= 4 is 0 Å². The number of fused-ring (bicyclic) bond motifs is 4. The molecule has 6 aliphatic rings. The van der Waals surface area contributed by atoms with Crippen LogP contribution < -0.4 is 0 Å². The Labute approximate surface area is 196 Å². The zero-order valence-corrected chi connectivity index (χ0v) is 21.7. The molecular formula is C29H48O3. The highest BCUT2D eigenvalue weighted by molar-refractivity contribution is 5.26. The van der Waals surface area contributed by atoms with E-state index in [1.165, 1.54) is 51.4 Å². The normalized spacial score (nSPS) is 60.9. The third kappa shape index (κ3) is 2.50. The summed E-state index contributed by atoms with van der Waals surface area (Å²) < 4.78 is 12.8. The van der Waals surface area contributed by atoms with Crippen molar-refractivity contribution in [3.8, 4) is 0 Å². The second kappa shape index (κ2) is 6.55. The summed E-state index contributed by atoms with van der Waals surface area (Å²) in [6, 6.07) is 0. The molecule has 1 N–H and O–H groups in total. The van der Waals surface area contributed by atoms with Crippen molar-refractivity contribution in [2.45, 2.75) is 123 Å². The van der Waals surface area contributed by atoms with Gasteiger partial charge in [-0.05, 0) is 118 Å². The summed E-state index contributed by atoms with van der Waals surface area (Å²) in [5.74, 6) is 4.78. The summed E-state index contributed by atoms with van der Waals surface area (Å²) in [6.07, 6.45) is 12.7. The first-order valence-electron chi connectivity index (χ1n) is 13.8. The second-order valence-electron chi connectivity index (χ2n) is 14.5. The van der Waals surface area contributed by atoms with Crippen molar-refractivity contribution in [1.82, 2.24) is 0 Å². The van der Waals surface area contributed by atoms with Gasteiger partial charge in [0.25, 0.3) is 0 Å². The van der Waals surface area contributed by atoms with Crippen LogP contribution in [-0.2, 0) is 9.47 Å². The molecule has 32 heavy (non-hydrogen) atoms. The van der Waals surface area contributed by atoms with Crippen LogP contribution in [0.15, 0.2) is 0 Å². The Morgan fingerprint density at radius 1 is 0.938 bits per heavy atom. The first-order chi connectivity index (χ1) is 14.9. The molecule has 1 aliphatic heterocycles. The first kappa shape index (κ1) is 22.4. The molecule has 0 amide bonds. The average Bonchev–Trinajstić information content (AvgIpc) is 3.12. The Morgan fingerprint density at radius 2 is 1.69 bits per heavy atom. The van der Waals surface area contributed by atoms with Gasteiger partial charge in [-0.1, -0.05) is 20.8 Å². The van der Waals surface area contributed by atoms with Gasteiger partial charge in [-0.3, -0.25) is 0 Å². The Bertz CT molecular complexity index is 773. The molecule has 0 bridgehead atoms. The molecule has 1 saturated heterocycles. The fourth-order valence-corrected chi connectivity index (χ4v) is 11.2. The van der Waals surface area contributed by atoms with E-state index in [9.17, 15) is 5.11 Å². The summed E-state index contributed by atoms with van der Waals surface area (Å²) in [5.41, 5.74) is 0.275. The van der Waals surface area contributed by atoms with Crippen molar-refractivity contribution in [3.63, 3.8) is 0 Å². The van der Waals surface area contributed by atoms with Gasteiger partial charge in [0, 0.05) is 18.9 Å². The van der Waals surface area contributed by atoms with Gasteiger partial charge in [0.05, 0.1) is 23.4 Å². The van der Waals surface area contributed by atoms with Crippen LogP contribution in [-0.4, -0.2) is 35.6 Å². The van der Waals surface area contributed by atoms with Crippen LogP contribution in [0.1, 0.15) is 99.3 Å². The lowest BCUT2D eigenvalue weighted by atomic mass is 9.45. The molecule has 3 heteroatoms. The smallest absolute Gasteiger partial charge is 0.0927 e. The maximum absolute atomic E-state index is 11.0. The lowest BCUT2D eigenvalue weighted by Gasteiger charge is -2.61. The molecule has 0 aromatic carbocycles. The average molecular weight is 445 g/mol. The van der Waals surface area contributed by atoms with Crippen molar-refractivity contribution in [2.24, 2.45) is 51.8 Å². The zero-order chi connectivity index (χ0) is 22.9. The van der Waals surface area contributed by atoms with E-state index in [-0.39, 0.29) is 6.10 Å². The lowest BCUT2D eigenvalue weighted by Crippen LogP contribution is -2.57. The van der Waals surface area contributed by atoms with Gasteiger partial charge < -0.3 is 14.6 Å². The Hall–Kier alpha value is -0.120. The van der Waals surface area contributed by atoms with Gasteiger partial charge in [0.15, 0.2) is 0 Å². The van der Waals surface area contributed by atoms with Gasteiger partial charge in [0.1, 0.15) is 0 Å². The lowest BCUT2D eigenvalue weighted by molar-refractivity contribution is -0.164. The first-order valence-corrected chi connectivity index (χ1v) is 13.8. The van der Waals surface area contributed by atoms with Crippen LogP contribution in [0.25, 0.3) is 0 Å². The topological polar surface area (TPSA) is 38.7 Å². The van der Waals surface area contributed by atoms with Crippen LogP contribution in [0.4, 0.5) is 0 Å². The van der Waals surface area contributed by atoms with E-state index in [2.05, 4.69) is 34.6 Å². The molecule has 6 fully saturated rings. The van der Waals surface area contributed by atoms with Crippen LogP contribution >= 0.6 is 0 Å². The maximum atomic E-state index is 11.0. The van der Waals surface area contributed by atoms with Gasteiger partial charge in [-0.25, -0.2) is 0 Å². The van der Waals surface area contributed by atoms with E-state index in [0.717, 1.165) is 30.1 Å². The van der Waals surface area contributed by atoms with Gasteiger partial charge >= 0.3 is 0 Å². The summed E-state index contributed by atoms with van der Waals surface area (Å²) in [7, 11) is 2.00. The Balaban J connectivity index is 1.26. The van der Waals surface area contributed by atoms with Crippen molar-refractivity contribution in [1.29, 1.82) is 0 Å². The van der Waals surface area contributed by atoms with E-state index in [0.29, 0.717) is 34.2 Å². The van der Waals surface area contributed by atoms with Gasteiger partial charge in [0.2, 0.25) is 0 Å². The molecule has 12 atom stereocenters. The molecule has 3 nitrogen and oxygen atoms in total. The van der Waals surface area contributed by atoms with E-state index in [1.54, 1.807) is 0 Å². The predicted molar refractivity (Wildman–Crippen MR) is 127 cm³/mol. The Kier molecular flexibility index (Phi) is 4.57. The monoisotopic (exact) mass is 444 g/mol. The molecule has 182 valence electrons. The molecule has 0 aromatic heterocycles. The molecule has 1 spiro atoms. The molecule has 0 aromatic rings. The van der Waals surface area contributed by atoms with Crippen molar-refractivity contribution < 1.29 is 14.6 Å². The number of aliphatic hydroxyl groups is 1. The fraction of sp³-hybridized carbons (Fsp3) is 1.00. The molecule has 5 saturated carbocycles. The number of ether oxygens (including phenoxy) is 2. The SMILES string of the molecule is CO[C@@H]1C[C@H]2[C@@H]3CC[C@H]([C@H](C)[C@@H]4C[C@](C)(O)C(C)(C)O4)[C@@]3(C)CC[C@@H]2[C@@]2(C)CC[C@H]3C[C@]312. The highest BCUT2D eigenvalue weighted by Gasteiger charge is 2.77. The third-order valence-electron chi connectivity index (χ3n) is 13.5. The summed E-state index contributed by atoms with van der Waals surface area (Å²) >= 11 is 0. The third-order valence-corrected chi connectivity index (χ3v) is 13.5. The number of rotatable bonds is 3. The standard InChI is InChI=1S/C29H48O3/c1-17(23-16-28(6,30)25(2,3)32-23)20-8-9-21-19-14-24(31-7)29-15-18(29)10-13-27(29,5)22(19)11-12-26(20,21)4/h17-24,30H,8-16H2,1-7H3/t17-,18-,19-,20+,21-,22-,23-,24+,26+,27+,28-,29-/m0/s1. The van der Waals surface area contributed by atoms with E-state index < -0.39 is 11.2 Å². The van der Waals surface area contributed by atoms with Crippen molar-refractivity contribution in [3.05, 3.63) is 0 Å². The molecule has 0 unspecified atom stereocenters. The number of hydrogen-bond acceptors (Lipinski definition) is 3. The number of methoxy groups -OCH3 is 1. The van der Waals surface area contributed by atoms with Crippen LogP contribution in [0.3, 0.4) is 0 Å². The summed E-state index contributed by atoms with van der Waals surface area (Å²) in [5, 5.41) is 11.0. The van der Waals surface area contributed by atoms with Gasteiger partial charge in [-0.2, -0.15) is 0 Å². The minimum Gasteiger partial charge on any atom is -0.387 e. The largest absolute Gasteiger partial charge is 0.387 e. The van der Waals surface area contributed by atoms with E-state index >= 15 is 0 Å².